The summed E-state index contributed by atoms with van der Waals surface area (Å²) in [5.41, 5.74) is 0.227. The van der Waals surface area contributed by atoms with Crippen molar-refractivity contribution in [1.29, 1.82) is 0 Å². The van der Waals surface area contributed by atoms with Crippen LogP contribution in [0.2, 0.25) is 0 Å². The third kappa shape index (κ3) is 4.68. The van der Waals surface area contributed by atoms with Gasteiger partial charge in [0.1, 0.15) is 11.6 Å². The number of aliphatic hydroxyl groups excluding tert-OH is 1. The van der Waals surface area contributed by atoms with Crippen LogP contribution in [0.15, 0.2) is 41.3 Å². The first-order valence-electron chi connectivity index (χ1n) is 6.38. The molecule has 0 aromatic heterocycles. The van der Waals surface area contributed by atoms with E-state index in [4.69, 9.17) is 5.11 Å². The highest BCUT2D eigenvalue weighted by Gasteiger charge is 2.09. The third-order valence-corrected chi connectivity index (χ3v) is 3.27. The van der Waals surface area contributed by atoms with Crippen LogP contribution in [-0.4, -0.2) is 5.11 Å². The van der Waals surface area contributed by atoms with Crippen LogP contribution in [0.3, 0.4) is 0 Å². The molecule has 2 nitrogen and oxygen atoms in total. The van der Waals surface area contributed by atoms with E-state index in [0.29, 0.717) is 0 Å². The highest BCUT2D eigenvalue weighted by atomic mass is 32.2. The Morgan fingerprint density at radius 2 is 1.81 bits per heavy atom. The van der Waals surface area contributed by atoms with Gasteiger partial charge in [-0.3, -0.25) is 0 Å². The van der Waals surface area contributed by atoms with Gasteiger partial charge in [0.2, 0.25) is 0 Å². The summed E-state index contributed by atoms with van der Waals surface area (Å²) in [5.74, 6) is -1.79. The van der Waals surface area contributed by atoms with Crippen molar-refractivity contribution in [2.24, 2.45) is 0 Å². The van der Waals surface area contributed by atoms with Gasteiger partial charge in [0.05, 0.1) is 17.2 Å². The SMILES string of the molecule is CC.OCc1cccc(NSc2cc(F)ccc2F)c1F. The minimum atomic E-state index is -0.616. The molecule has 2 aromatic carbocycles. The molecule has 2 rings (SSSR count). The highest BCUT2D eigenvalue weighted by molar-refractivity contribution is 8.00. The quantitative estimate of drug-likeness (QED) is 0.799. The van der Waals surface area contributed by atoms with Gasteiger partial charge in [-0.2, -0.15) is 0 Å². The number of hydrogen-bond donors (Lipinski definition) is 2. The highest BCUT2D eigenvalue weighted by Crippen LogP contribution is 2.27. The number of benzene rings is 2. The average Bonchev–Trinajstić information content (AvgIpc) is 2.51. The van der Waals surface area contributed by atoms with Gasteiger partial charge >= 0.3 is 0 Å². The van der Waals surface area contributed by atoms with E-state index in [-0.39, 0.29) is 16.1 Å². The summed E-state index contributed by atoms with van der Waals surface area (Å²) in [6, 6.07) is 7.46. The molecule has 2 N–H and O–H groups in total. The predicted octanol–water partition coefficient (Wildman–Crippen LogP) is 4.74. The minimum absolute atomic E-state index is 0.0220. The van der Waals surface area contributed by atoms with Crippen molar-refractivity contribution in [3.63, 3.8) is 0 Å². The van der Waals surface area contributed by atoms with Crippen molar-refractivity contribution in [3.8, 4) is 0 Å². The lowest BCUT2D eigenvalue weighted by molar-refractivity contribution is 0.276. The molecule has 0 atom stereocenters. The summed E-state index contributed by atoms with van der Waals surface area (Å²) in [7, 11) is 0. The van der Waals surface area contributed by atoms with E-state index in [0.717, 1.165) is 30.1 Å². The molecule has 0 spiro atoms. The van der Waals surface area contributed by atoms with Gasteiger partial charge in [-0.1, -0.05) is 26.0 Å². The van der Waals surface area contributed by atoms with Gasteiger partial charge in [0.15, 0.2) is 5.82 Å². The summed E-state index contributed by atoms with van der Waals surface area (Å²) in [6.07, 6.45) is 0. The van der Waals surface area contributed by atoms with E-state index in [1.165, 1.54) is 12.1 Å². The number of aliphatic hydroxyl groups is 1. The molecule has 0 saturated carbocycles. The third-order valence-electron chi connectivity index (χ3n) is 2.41. The molecule has 0 radical (unpaired) electrons. The molecule has 0 heterocycles. The van der Waals surface area contributed by atoms with Crippen LogP contribution in [0.25, 0.3) is 0 Å². The van der Waals surface area contributed by atoms with E-state index < -0.39 is 24.1 Å². The summed E-state index contributed by atoms with van der Waals surface area (Å²) in [5, 5.41) is 8.92. The Labute approximate surface area is 126 Å². The molecule has 21 heavy (non-hydrogen) atoms. The van der Waals surface area contributed by atoms with Gasteiger partial charge in [-0.05, 0) is 36.2 Å². The number of hydrogen-bond acceptors (Lipinski definition) is 3. The minimum Gasteiger partial charge on any atom is -0.392 e. The fourth-order valence-electron chi connectivity index (χ4n) is 1.45. The molecule has 114 valence electrons. The van der Waals surface area contributed by atoms with Crippen molar-refractivity contribution < 1.29 is 18.3 Å². The first-order valence-corrected chi connectivity index (χ1v) is 7.19. The molecule has 0 fully saturated rings. The molecule has 0 bridgehead atoms. The number of rotatable bonds is 4. The summed E-state index contributed by atoms with van der Waals surface area (Å²) in [6.45, 7) is 3.57. The second kappa shape index (κ2) is 8.59. The zero-order valence-corrected chi connectivity index (χ0v) is 12.5. The van der Waals surface area contributed by atoms with Crippen molar-refractivity contribution >= 4 is 17.6 Å². The first kappa shape index (κ1) is 17.4. The molecule has 0 aliphatic rings. The molecule has 6 heteroatoms. The first-order chi connectivity index (χ1) is 10.1. The van der Waals surface area contributed by atoms with Crippen LogP contribution in [0, 0.1) is 17.5 Å². The van der Waals surface area contributed by atoms with Crippen LogP contribution < -0.4 is 4.72 Å². The maximum absolute atomic E-state index is 13.8. The monoisotopic (exact) mass is 315 g/mol. The Kier molecular flexibility index (Phi) is 7.11. The fraction of sp³-hybridized carbons (Fsp3) is 0.200. The van der Waals surface area contributed by atoms with E-state index >= 15 is 0 Å². The lowest BCUT2D eigenvalue weighted by Crippen LogP contribution is -1.97. The fourth-order valence-corrected chi connectivity index (χ4v) is 2.16. The Balaban J connectivity index is 0.00000106. The molecule has 2 aromatic rings. The number of anilines is 1. The standard InChI is InChI=1S/C13H10F3NOS.C2H6/c14-9-4-5-10(15)12(6-9)19-17-11-3-1-2-8(7-18)13(11)16;1-2/h1-6,17-18H,7H2;1-2H3. The van der Waals surface area contributed by atoms with Crippen molar-refractivity contribution in [3.05, 3.63) is 59.4 Å². The molecule has 0 unspecified atom stereocenters. The lowest BCUT2D eigenvalue weighted by Gasteiger charge is -2.09. The zero-order chi connectivity index (χ0) is 15.8. The number of nitrogens with one attached hydrogen (secondary N) is 1. The van der Waals surface area contributed by atoms with Gasteiger partial charge in [-0.15, -0.1) is 0 Å². The van der Waals surface area contributed by atoms with E-state index in [1.807, 2.05) is 13.8 Å². The van der Waals surface area contributed by atoms with Crippen molar-refractivity contribution in [2.75, 3.05) is 4.72 Å². The molecule has 0 saturated heterocycles. The summed E-state index contributed by atoms with van der Waals surface area (Å²) >= 11 is 0.761. The van der Waals surface area contributed by atoms with Gasteiger partial charge < -0.3 is 9.83 Å². The molecule has 0 amide bonds. The lowest BCUT2D eigenvalue weighted by atomic mass is 10.2. The van der Waals surface area contributed by atoms with Crippen LogP contribution in [0.1, 0.15) is 19.4 Å². The van der Waals surface area contributed by atoms with Crippen LogP contribution in [0.5, 0.6) is 0 Å². The van der Waals surface area contributed by atoms with Gasteiger partial charge in [0, 0.05) is 5.56 Å². The Morgan fingerprint density at radius 3 is 2.48 bits per heavy atom. The van der Waals surface area contributed by atoms with Crippen LogP contribution >= 0.6 is 11.9 Å². The van der Waals surface area contributed by atoms with E-state index in [1.54, 1.807) is 6.07 Å². The number of halogens is 3. The normalized spacial score (nSPS) is 9.81. The maximum atomic E-state index is 13.8. The van der Waals surface area contributed by atoms with Gasteiger partial charge in [0.25, 0.3) is 0 Å². The van der Waals surface area contributed by atoms with Crippen molar-refractivity contribution in [1.82, 2.24) is 0 Å². The topological polar surface area (TPSA) is 32.3 Å². The smallest absolute Gasteiger partial charge is 0.152 e. The van der Waals surface area contributed by atoms with E-state index in [2.05, 4.69) is 4.72 Å². The predicted molar refractivity (Wildman–Crippen MR) is 79.5 cm³/mol. The molecular weight excluding hydrogens is 299 g/mol. The largest absolute Gasteiger partial charge is 0.392 e. The Morgan fingerprint density at radius 1 is 1.10 bits per heavy atom. The average molecular weight is 315 g/mol. The summed E-state index contributed by atoms with van der Waals surface area (Å²) in [4.78, 5) is 0.0220. The van der Waals surface area contributed by atoms with Crippen molar-refractivity contribution in [2.45, 2.75) is 25.3 Å². The zero-order valence-electron chi connectivity index (χ0n) is 11.7. The molecule has 0 aliphatic carbocycles. The summed E-state index contributed by atoms with van der Waals surface area (Å²) < 4.78 is 42.7. The van der Waals surface area contributed by atoms with Crippen LogP contribution in [-0.2, 0) is 6.61 Å². The van der Waals surface area contributed by atoms with Crippen LogP contribution in [0.4, 0.5) is 18.9 Å². The second-order valence-corrected chi connectivity index (χ2v) is 4.56. The van der Waals surface area contributed by atoms with Gasteiger partial charge in [-0.25, -0.2) is 13.2 Å². The second-order valence-electron chi connectivity index (χ2n) is 3.72. The Hall–Kier alpha value is -1.66. The molecular formula is C15H16F3NOS. The molecule has 0 aliphatic heterocycles. The maximum Gasteiger partial charge on any atom is 0.152 e. The van der Waals surface area contributed by atoms with E-state index in [9.17, 15) is 13.2 Å². The Bertz CT molecular complexity index is 593.